The summed E-state index contributed by atoms with van der Waals surface area (Å²) in [5.41, 5.74) is -0.705. The van der Waals surface area contributed by atoms with E-state index in [-0.39, 0.29) is 17.0 Å². The molecule has 2 aliphatic heterocycles. The summed E-state index contributed by atoms with van der Waals surface area (Å²) in [5.74, 6) is 0.203. The summed E-state index contributed by atoms with van der Waals surface area (Å²) >= 11 is 0. The van der Waals surface area contributed by atoms with E-state index in [1.165, 1.54) is 6.42 Å². The van der Waals surface area contributed by atoms with Crippen molar-refractivity contribution < 1.29 is 14.4 Å². The van der Waals surface area contributed by atoms with Crippen molar-refractivity contribution in [3.8, 4) is 0 Å². The lowest BCUT2D eigenvalue weighted by Crippen LogP contribution is -2.58. The van der Waals surface area contributed by atoms with E-state index in [2.05, 4.69) is 37.8 Å². The number of hydrogen-bond donors (Lipinski definition) is 0. The SMILES string of the molecule is CC1(C)N=C(CCON2C(C)(C)CCCC2(C)C)OC1=O. The maximum atomic E-state index is 11.6. The molecule has 0 bridgehead atoms. The second kappa shape index (κ2) is 5.36. The van der Waals surface area contributed by atoms with Gasteiger partial charge in [0.05, 0.1) is 6.61 Å². The molecule has 0 radical (unpaired) electrons. The van der Waals surface area contributed by atoms with E-state index in [1.54, 1.807) is 13.8 Å². The number of aliphatic imine (C=N–C) groups is 1. The van der Waals surface area contributed by atoms with Crippen LogP contribution in [-0.4, -0.2) is 40.2 Å². The van der Waals surface area contributed by atoms with E-state index in [1.807, 2.05) is 0 Å². The van der Waals surface area contributed by atoms with Gasteiger partial charge in [0, 0.05) is 17.5 Å². The van der Waals surface area contributed by atoms with Crippen molar-refractivity contribution in [1.82, 2.24) is 5.06 Å². The van der Waals surface area contributed by atoms with Gasteiger partial charge in [-0.15, -0.1) is 0 Å². The molecule has 120 valence electrons. The minimum Gasteiger partial charge on any atom is -0.410 e. The molecule has 0 N–H and O–H groups in total. The van der Waals surface area contributed by atoms with E-state index < -0.39 is 5.54 Å². The molecule has 0 aromatic carbocycles. The highest BCUT2D eigenvalue weighted by Crippen LogP contribution is 2.38. The van der Waals surface area contributed by atoms with E-state index in [9.17, 15) is 4.79 Å². The minimum absolute atomic E-state index is 0.0230. The van der Waals surface area contributed by atoms with Gasteiger partial charge in [-0.3, -0.25) is 4.84 Å². The molecule has 2 rings (SSSR count). The fraction of sp³-hybridized carbons (Fsp3) is 0.875. The standard InChI is InChI=1S/C16H28N2O3/c1-14(2)9-7-10-15(3,4)18(14)20-11-8-12-17-16(5,6)13(19)21-12/h7-11H2,1-6H3. The molecular weight excluding hydrogens is 268 g/mol. The largest absolute Gasteiger partial charge is 0.410 e. The molecule has 2 aliphatic rings. The Labute approximate surface area is 127 Å². The number of esters is 1. The van der Waals surface area contributed by atoms with Gasteiger partial charge < -0.3 is 4.74 Å². The summed E-state index contributed by atoms with van der Waals surface area (Å²) in [7, 11) is 0. The van der Waals surface area contributed by atoms with Gasteiger partial charge in [-0.1, -0.05) is 0 Å². The van der Waals surface area contributed by atoms with Crippen LogP contribution in [0.3, 0.4) is 0 Å². The number of carbonyl (C=O) groups is 1. The number of hydrogen-bond acceptors (Lipinski definition) is 5. The second-order valence-corrected chi connectivity index (χ2v) is 7.81. The van der Waals surface area contributed by atoms with Crippen LogP contribution in [0.4, 0.5) is 0 Å². The molecule has 1 saturated heterocycles. The Morgan fingerprint density at radius 3 is 2.19 bits per heavy atom. The number of cyclic esters (lactones) is 1. The molecule has 0 spiro atoms. The molecule has 5 heteroatoms. The Bertz CT molecular complexity index is 436. The lowest BCUT2D eigenvalue weighted by molar-refractivity contribution is -0.279. The summed E-state index contributed by atoms with van der Waals surface area (Å²) in [4.78, 5) is 21.9. The Morgan fingerprint density at radius 1 is 1.14 bits per heavy atom. The van der Waals surface area contributed by atoms with Crippen molar-refractivity contribution in [3.63, 3.8) is 0 Å². The van der Waals surface area contributed by atoms with Crippen molar-refractivity contribution in [3.05, 3.63) is 0 Å². The lowest BCUT2D eigenvalue weighted by atomic mass is 9.82. The highest BCUT2D eigenvalue weighted by molar-refractivity contribution is 5.99. The zero-order valence-electron chi connectivity index (χ0n) is 14.2. The van der Waals surface area contributed by atoms with Gasteiger partial charge in [-0.05, 0) is 60.8 Å². The Morgan fingerprint density at radius 2 is 1.71 bits per heavy atom. The van der Waals surface area contributed by atoms with Gasteiger partial charge in [-0.25, -0.2) is 9.79 Å². The van der Waals surface area contributed by atoms with Crippen LogP contribution in [0.1, 0.15) is 67.2 Å². The number of rotatable bonds is 4. The number of nitrogens with zero attached hydrogens (tertiary/aromatic N) is 2. The molecule has 0 saturated carbocycles. The maximum Gasteiger partial charge on any atom is 0.340 e. The van der Waals surface area contributed by atoms with Crippen molar-refractivity contribution in [2.24, 2.45) is 4.99 Å². The van der Waals surface area contributed by atoms with E-state index in [0.717, 1.165) is 12.8 Å². The number of hydroxylamine groups is 2. The molecule has 0 atom stereocenters. The first-order chi connectivity index (χ1) is 9.55. The van der Waals surface area contributed by atoms with Crippen LogP contribution >= 0.6 is 0 Å². The molecular formula is C16H28N2O3. The van der Waals surface area contributed by atoms with E-state index in [4.69, 9.17) is 9.57 Å². The van der Waals surface area contributed by atoms with Crippen LogP contribution in [0.2, 0.25) is 0 Å². The molecule has 1 fully saturated rings. The summed E-state index contributed by atoms with van der Waals surface area (Å²) in [5, 5.41) is 2.12. The van der Waals surface area contributed by atoms with Gasteiger partial charge >= 0.3 is 5.97 Å². The smallest absolute Gasteiger partial charge is 0.340 e. The number of carbonyl (C=O) groups excluding carboxylic acids is 1. The normalized spacial score (nSPS) is 27.3. The first-order valence-corrected chi connectivity index (χ1v) is 7.79. The van der Waals surface area contributed by atoms with Crippen LogP contribution in [-0.2, 0) is 14.4 Å². The van der Waals surface area contributed by atoms with Gasteiger partial charge in [-0.2, -0.15) is 5.06 Å². The molecule has 21 heavy (non-hydrogen) atoms. The lowest BCUT2D eigenvalue weighted by Gasteiger charge is -2.51. The molecule has 2 heterocycles. The number of piperidine rings is 1. The zero-order valence-corrected chi connectivity index (χ0v) is 14.2. The van der Waals surface area contributed by atoms with Crippen LogP contribution < -0.4 is 0 Å². The Kier molecular flexibility index (Phi) is 4.19. The van der Waals surface area contributed by atoms with Gasteiger partial charge in [0.25, 0.3) is 0 Å². The van der Waals surface area contributed by atoms with Crippen LogP contribution in [0.5, 0.6) is 0 Å². The quantitative estimate of drug-likeness (QED) is 0.748. The molecule has 0 aromatic heterocycles. The van der Waals surface area contributed by atoms with Crippen LogP contribution in [0, 0.1) is 0 Å². The van der Waals surface area contributed by atoms with E-state index >= 15 is 0 Å². The van der Waals surface area contributed by atoms with E-state index in [0.29, 0.717) is 18.9 Å². The third-order valence-corrected chi connectivity index (χ3v) is 4.33. The van der Waals surface area contributed by atoms with Gasteiger partial charge in [0.15, 0.2) is 11.4 Å². The van der Waals surface area contributed by atoms with Crippen molar-refractivity contribution in [2.45, 2.75) is 83.8 Å². The average molecular weight is 296 g/mol. The predicted molar refractivity (Wildman–Crippen MR) is 82.0 cm³/mol. The minimum atomic E-state index is -0.751. The fourth-order valence-electron chi connectivity index (χ4n) is 3.27. The van der Waals surface area contributed by atoms with Crippen molar-refractivity contribution in [1.29, 1.82) is 0 Å². The third kappa shape index (κ3) is 3.46. The van der Waals surface area contributed by atoms with Gasteiger partial charge in [0.2, 0.25) is 0 Å². The Hall–Kier alpha value is -0.940. The first kappa shape index (κ1) is 16.4. The van der Waals surface area contributed by atoms with Crippen LogP contribution in [0.25, 0.3) is 0 Å². The number of ether oxygens (including phenoxy) is 1. The molecule has 0 amide bonds. The second-order valence-electron chi connectivity index (χ2n) is 7.81. The van der Waals surface area contributed by atoms with Crippen molar-refractivity contribution in [2.75, 3.05) is 6.61 Å². The molecule has 5 nitrogen and oxygen atoms in total. The molecule has 0 unspecified atom stereocenters. The highest BCUT2D eigenvalue weighted by Gasteiger charge is 2.43. The fourth-order valence-corrected chi connectivity index (χ4v) is 3.27. The summed E-state index contributed by atoms with van der Waals surface area (Å²) in [6, 6.07) is 0. The summed E-state index contributed by atoms with van der Waals surface area (Å²) < 4.78 is 5.18. The summed E-state index contributed by atoms with van der Waals surface area (Å²) in [6.07, 6.45) is 4.00. The zero-order chi connectivity index (χ0) is 15.9. The van der Waals surface area contributed by atoms with Crippen molar-refractivity contribution >= 4 is 11.9 Å². The maximum absolute atomic E-state index is 11.6. The Balaban J connectivity index is 1.92. The molecule has 0 aromatic rings. The molecule has 0 aliphatic carbocycles. The topological polar surface area (TPSA) is 51.1 Å². The predicted octanol–water partition coefficient (Wildman–Crippen LogP) is 3.09. The average Bonchev–Trinajstić information content (AvgIpc) is 2.56. The summed E-state index contributed by atoms with van der Waals surface area (Å²) in [6.45, 7) is 12.9. The van der Waals surface area contributed by atoms with Gasteiger partial charge in [0.1, 0.15) is 0 Å². The van der Waals surface area contributed by atoms with Crippen LogP contribution in [0.15, 0.2) is 4.99 Å². The first-order valence-electron chi connectivity index (χ1n) is 7.79. The monoisotopic (exact) mass is 296 g/mol. The third-order valence-electron chi connectivity index (χ3n) is 4.33. The highest BCUT2D eigenvalue weighted by atomic mass is 16.7.